The Kier molecular flexibility index (Phi) is 2.69. The Morgan fingerprint density at radius 3 is 2.31 bits per heavy atom. The third kappa shape index (κ3) is 2.63. The average molecular weight is 176 g/mol. The van der Waals surface area contributed by atoms with Crippen molar-refractivity contribution in [2.45, 2.75) is 6.92 Å². The molecule has 1 aromatic carbocycles. The van der Waals surface area contributed by atoms with E-state index in [4.69, 9.17) is 11.5 Å². The van der Waals surface area contributed by atoms with Crippen molar-refractivity contribution in [3.8, 4) is 0 Å². The van der Waals surface area contributed by atoms with E-state index in [2.05, 4.69) is 0 Å². The summed E-state index contributed by atoms with van der Waals surface area (Å²) in [6, 6.07) is 7.23. The second kappa shape index (κ2) is 3.76. The zero-order chi connectivity index (χ0) is 9.84. The van der Waals surface area contributed by atoms with E-state index in [1.165, 1.54) is 0 Å². The van der Waals surface area contributed by atoms with Gasteiger partial charge in [0.25, 0.3) is 0 Å². The number of nitrogens with two attached hydrogens (primary N) is 2. The van der Waals surface area contributed by atoms with Crippen LogP contribution in [0.5, 0.6) is 0 Å². The topological polar surface area (TPSA) is 69.1 Å². The lowest BCUT2D eigenvalue weighted by Crippen LogP contribution is -2.11. The number of amides is 1. The molecular weight excluding hydrogens is 164 g/mol. The summed E-state index contributed by atoms with van der Waals surface area (Å²) < 4.78 is 0. The molecule has 3 heteroatoms. The van der Waals surface area contributed by atoms with E-state index in [0.717, 1.165) is 5.56 Å². The Labute approximate surface area is 77.0 Å². The van der Waals surface area contributed by atoms with Crippen LogP contribution in [0.1, 0.15) is 12.5 Å². The monoisotopic (exact) mass is 176 g/mol. The maximum Gasteiger partial charge on any atom is 0.244 e. The summed E-state index contributed by atoms with van der Waals surface area (Å²) in [5.74, 6) is -0.406. The lowest BCUT2D eigenvalue weighted by Gasteiger charge is -1.96. The molecule has 0 atom stereocenters. The van der Waals surface area contributed by atoms with Crippen LogP contribution < -0.4 is 11.5 Å². The largest absolute Gasteiger partial charge is 0.399 e. The van der Waals surface area contributed by atoms with E-state index in [1.54, 1.807) is 25.1 Å². The van der Waals surface area contributed by atoms with E-state index in [9.17, 15) is 4.79 Å². The Balaban J connectivity index is 2.92. The smallest absolute Gasteiger partial charge is 0.244 e. The summed E-state index contributed by atoms with van der Waals surface area (Å²) in [6.07, 6.45) is 1.72. The highest BCUT2D eigenvalue weighted by molar-refractivity contribution is 5.95. The standard InChI is InChI=1S/C10H12N2O/c1-7(10(12)13)6-8-2-4-9(11)5-3-8/h2-6H,11H2,1H3,(H2,12,13). The minimum absolute atomic E-state index is 0.406. The fourth-order valence-corrected chi connectivity index (χ4v) is 0.913. The lowest BCUT2D eigenvalue weighted by molar-refractivity contribution is -0.114. The molecule has 0 unspecified atom stereocenters. The van der Waals surface area contributed by atoms with Crippen LogP contribution in [0.15, 0.2) is 29.8 Å². The van der Waals surface area contributed by atoms with Crippen LogP contribution in [0.2, 0.25) is 0 Å². The van der Waals surface area contributed by atoms with Crippen molar-refractivity contribution < 1.29 is 4.79 Å². The molecule has 1 aromatic rings. The Bertz CT molecular complexity index is 338. The second-order valence-corrected chi connectivity index (χ2v) is 2.86. The molecule has 0 saturated carbocycles. The number of anilines is 1. The van der Waals surface area contributed by atoms with Crippen LogP contribution in [0.4, 0.5) is 5.69 Å². The zero-order valence-electron chi connectivity index (χ0n) is 7.45. The number of nitrogen functional groups attached to an aromatic ring is 1. The van der Waals surface area contributed by atoms with Crippen LogP contribution in [0.3, 0.4) is 0 Å². The molecule has 0 heterocycles. The summed E-state index contributed by atoms with van der Waals surface area (Å²) in [4.78, 5) is 10.7. The molecule has 0 aromatic heterocycles. The minimum Gasteiger partial charge on any atom is -0.399 e. The number of hydrogen-bond donors (Lipinski definition) is 2. The van der Waals surface area contributed by atoms with Gasteiger partial charge in [-0.1, -0.05) is 12.1 Å². The predicted molar refractivity (Wildman–Crippen MR) is 53.7 cm³/mol. The van der Waals surface area contributed by atoms with Gasteiger partial charge in [-0.05, 0) is 30.7 Å². The van der Waals surface area contributed by atoms with Gasteiger partial charge in [-0.25, -0.2) is 0 Å². The van der Waals surface area contributed by atoms with E-state index >= 15 is 0 Å². The van der Waals surface area contributed by atoms with Gasteiger partial charge in [0.1, 0.15) is 0 Å². The van der Waals surface area contributed by atoms with Gasteiger partial charge in [-0.3, -0.25) is 4.79 Å². The third-order valence-electron chi connectivity index (χ3n) is 1.71. The van der Waals surface area contributed by atoms with Crippen molar-refractivity contribution in [2.24, 2.45) is 5.73 Å². The maximum atomic E-state index is 10.7. The molecule has 0 aliphatic rings. The van der Waals surface area contributed by atoms with Crippen molar-refractivity contribution in [3.63, 3.8) is 0 Å². The Morgan fingerprint density at radius 2 is 1.85 bits per heavy atom. The molecule has 0 bridgehead atoms. The van der Waals surface area contributed by atoms with E-state index in [0.29, 0.717) is 11.3 Å². The predicted octanol–water partition coefficient (Wildman–Crippen LogP) is 1.16. The lowest BCUT2D eigenvalue weighted by atomic mass is 10.1. The molecule has 68 valence electrons. The first-order chi connectivity index (χ1) is 6.09. The first-order valence-electron chi connectivity index (χ1n) is 3.93. The first-order valence-corrected chi connectivity index (χ1v) is 3.93. The molecule has 4 N–H and O–H groups in total. The molecule has 0 spiro atoms. The molecule has 0 fully saturated rings. The summed E-state index contributed by atoms with van der Waals surface area (Å²) in [5, 5.41) is 0. The summed E-state index contributed by atoms with van der Waals surface area (Å²) in [5.41, 5.74) is 12.7. The van der Waals surface area contributed by atoms with Gasteiger partial charge < -0.3 is 11.5 Å². The van der Waals surface area contributed by atoms with E-state index < -0.39 is 5.91 Å². The molecular formula is C10H12N2O. The number of carbonyl (C=O) groups is 1. The minimum atomic E-state index is -0.406. The fraction of sp³-hybridized carbons (Fsp3) is 0.100. The maximum absolute atomic E-state index is 10.7. The fourth-order valence-electron chi connectivity index (χ4n) is 0.913. The van der Waals surface area contributed by atoms with Crippen LogP contribution in [-0.2, 0) is 4.79 Å². The van der Waals surface area contributed by atoms with E-state index in [1.807, 2.05) is 12.1 Å². The molecule has 13 heavy (non-hydrogen) atoms. The Hall–Kier alpha value is -1.77. The molecule has 0 radical (unpaired) electrons. The molecule has 3 nitrogen and oxygen atoms in total. The Morgan fingerprint density at radius 1 is 1.31 bits per heavy atom. The van der Waals surface area contributed by atoms with Gasteiger partial charge in [-0.2, -0.15) is 0 Å². The summed E-state index contributed by atoms with van der Waals surface area (Å²) >= 11 is 0. The van der Waals surface area contributed by atoms with Crippen LogP contribution in [-0.4, -0.2) is 5.91 Å². The number of benzene rings is 1. The van der Waals surface area contributed by atoms with Gasteiger partial charge in [0.2, 0.25) is 5.91 Å². The van der Waals surface area contributed by atoms with Gasteiger partial charge in [0.15, 0.2) is 0 Å². The molecule has 0 aliphatic heterocycles. The van der Waals surface area contributed by atoms with Crippen molar-refractivity contribution in [1.82, 2.24) is 0 Å². The van der Waals surface area contributed by atoms with Crippen molar-refractivity contribution in [1.29, 1.82) is 0 Å². The highest BCUT2D eigenvalue weighted by atomic mass is 16.1. The normalized spacial score (nSPS) is 11.3. The van der Waals surface area contributed by atoms with Crippen molar-refractivity contribution in [2.75, 3.05) is 5.73 Å². The van der Waals surface area contributed by atoms with Gasteiger partial charge in [0.05, 0.1) is 0 Å². The van der Waals surface area contributed by atoms with Crippen LogP contribution >= 0.6 is 0 Å². The number of hydrogen-bond acceptors (Lipinski definition) is 2. The van der Waals surface area contributed by atoms with Crippen LogP contribution in [0, 0.1) is 0 Å². The molecule has 1 amide bonds. The molecule has 0 saturated heterocycles. The highest BCUT2D eigenvalue weighted by Gasteiger charge is 1.96. The zero-order valence-corrected chi connectivity index (χ0v) is 7.45. The van der Waals surface area contributed by atoms with Crippen molar-refractivity contribution in [3.05, 3.63) is 35.4 Å². The number of carbonyl (C=O) groups excluding carboxylic acids is 1. The van der Waals surface area contributed by atoms with Crippen LogP contribution in [0.25, 0.3) is 6.08 Å². The number of rotatable bonds is 2. The molecule has 0 aliphatic carbocycles. The first kappa shape index (κ1) is 9.32. The summed E-state index contributed by atoms with van der Waals surface area (Å²) in [7, 11) is 0. The number of primary amides is 1. The van der Waals surface area contributed by atoms with Crippen molar-refractivity contribution >= 4 is 17.7 Å². The average Bonchev–Trinajstić information content (AvgIpc) is 2.08. The highest BCUT2D eigenvalue weighted by Crippen LogP contribution is 2.09. The molecule has 1 rings (SSSR count). The van der Waals surface area contributed by atoms with Gasteiger partial charge in [0, 0.05) is 11.3 Å². The van der Waals surface area contributed by atoms with Gasteiger partial charge >= 0.3 is 0 Å². The van der Waals surface area contributed by atoms with E-state index in [-0.39, 0.29) is 0 Å². The SMILES string of the molecule is CC(=Cc1ccc(N)cc1)C(N)=O. The quantitative estimate of drug-likeness (QED) is 0.524. The second-order valence-electron chi connectivity index (χ2n) is 2.86. The van der Waals surface area contributed by atoms with Gasteiger partial charge in [-0.15, -0.1) is 0 Å². The summed E-state index contributed by atoms with van der Waals surface area (Å²) in [6.45, 7) is 1.68. The third-order valence-corrected chi connectivity index (χ3v) is 1.71.